The molecule has 0 N–H and O–H groups in total. The average molecular weight is 218 g/mol. The molecule has 0 spiro atoms. The summed E-state index contributed by atoms with van der Waals surface area (Å²) in [6, 6.07) is 7.52. The van der Waals surface area contributed by atoms with E-state index < -0.39 is 0 Å². The van der Waals surface area contributed by atoms with Crippen molar-refractivity contribution in [2.75, 3.05) is 13.2 Å². The van der Waals surface area contributed by atoms with E-state index in [1.807, 2.05) is 24.3 Å². The van der Waals surface area contributed by atoms with Crippen LogP contribution < -0.4 is 4.74 Å². The van der Waals surface area contributed by atoms with Crippen LogP contribution in [0.3, 0.4) is 0 Å². The maximum absolute atomic E-state index is 5.51. The number of benzene rings is 1. The molecule has 5 heteroatoms. The van der Waals surface area contributed by atoms with Crippen LogP contribution in [0, 0.1) is 0 Å². The van der Waals surface area contributed by atoms with Crippen molar-refractivity contribution in [2.24, 2.45) is 0 Å². The summed E-state index contributed by atoms with van der Waals surface area (Å²) in [6.07, 6.45) is 1.58. The molecule has 0 saturated carbocycles. The summed E-state index contributed by atoms with van der Waals surface area (Å²) in [5, 5.41) is 7.45. The van der Waals surface area contributed by atoms with E-state index >= 15 is 0 Å². The van der Waals surface area contributed by atoms with Crippen LogP contribution >= 0.6 is 0 Å². The van der Waals surface area contributed by atoms with E-state index in [4.69, 9.17) is 13.9 Å². The molecule has 0 aliphatic carbocycles. The van der Waals surface area contributed by atoms with Crippen LogP contribution in [-0.4, -0.2) is 29.5 Å². The second-order valence-corrected chi connectivity index (χ2v) is 3.53. The minimum atomic E-state index is 0.274. The van der Waals surface area contributed by atoms with Gasteiger partial charge in [0, 0.05) is 5.56 Å². The summed E-state index contributed by atoms with van der Waals surface area (Å²) in [5.41, 5.74) is 0.882. The monoisotopic (exact) mass is 218 g/mol. The van der Waals surface area contributed by atoms with Crippen molar-refractivity contribution in [3.8, 4) is 17.2 Å². The number of hydrogen-bond donors (Lipinski definition) is 0. The summed E-state index contributed by atoms with van der Waals surface area (Å²) in [4.78, 5) is 0. The molecule has 0 amide bonds. The predicted octanol–water partition coefficient (Wildman–Crippen LogP) is 1.51. The maximum Gasteiger partial charge on any atom is 0.247 e. The lowest BCUT2D eigenvalue weighted by atomic mass is 10.2. The fraction of sp³-hybridized carbons (Fsp3) is 0.273. The molecule has 0 bridgehead atoms. The molecular formula is C11H10N2O3. The zero-order valence-electron chi connectivity index (χ0n) is 8.50. The summed E-state index contributed by atoms with van der Waals surface area (Å²) in [5.74, 6) is 1.33. The fourth-order valence-corrected chi connectivity index (χ4v) is 1.35. The normalized spacial score (nSPS) is 18.4. The van der Waals surface area contributed by atoms with Gasteiger partial charge in [-0.05, 0) is 24.3 Å². The van der Waals surface area contributed by atoms with E-state index in [1.165, 1.54) is 6.39 Å². The van der Waals surface area contributed by atoms with Gasteiger partial charge in [0.25, 0.3) is 0 Å². The van der Waals surface area contributed by atoms with Gasteiger partial charge in [-0.15, -0.1) is 10.2 Å². The van der Waals surface area contributed by atoms with Crippen molar-refractivity contribution in [2.45, 2.75) is 6.10 Å². The Morgan fingerprint density at radius 3 is 2.75 bits per heavy atom. The lowest BCUT2D eigenvalue weighted by molar-refractivity contribution is 0.263. The van der Waals surface area contributed by atoms with Crippen molar-refractivity contribution >= 4 is 0 Å². The van der Waals surface area contributed by atoms with E-state index in [2.05, 4.69) is 10.2 Å². The van der Waals surface area contributed by atoms with Crippen molar-refractivity contribution in [3.63, 3.8) is 0 Å². The predicted molar refractivity (Wildman–Crippen MR) is 55.0 cm³/mol. The van der Waals surface area contributed by atoms with Gasteiger partial charge in [-0.25, -0.2) is 0 Å². The average Bonchev–Trinajstić information content (AvgIpc) is 3.00. The standard InChI is InChI=1S/C11H10N2O3/c1-3-9(14-5-10-6-15-10)4-2-8(1)11-13-12-7-16-11/h1-4,7,10H,5-6H2/t10-/m1/s1. The first-order valence-electron chi connectivity index (χ1n) is 5.03. The Balaban J connectivity index is 1.69. The van der Waals surface area contributed by atoms with E-state index in [9.17, 15) is 0 Å². The van der Waals surface area contributed by atoms with Gasteiger partial charge in [-0.2, -0.15) is 0 Å². The number of aromatic nitrogens is 2. The summed E-state index contributed by atoms with van der Waals surface area (Å²) >= 11 is 0. The van der Waals surface area contributed by atoms with E-state index in [1.54, 1.807) is 0 Å². The number of rotatable bonds is 4. The van der Waals surface area contributed by atoms with Gasteiger partial charge in [0.1, 0.15) is 18.5 Å². The van der Waals surface area contributed by atoms with E-state index in [-0.39, 0.29) is 6.10 Å². The Morgan fingerprint density at radius 1 is 1.31 bits per heavy atom. The largest absolute Gasteiger partial charge is 0.491 e. The zero-order valence-corrected chi connectivity index (χ0v) is 8.50. The number of ether oxygens (including phenoxy) is 2. The van der Waals surface area contributed by atoms with Crippen LogP contribution in [0.1, 0.15) is 0 Å². The van der Waals surface area contributed by atoms with Crippen LogP contribution in [0.4, 0.5) is 0 Å². The smallest absolute Gasteiger partial charge is 0.247 e. The van der Waals surface area contributed by atoms with Crippen LogP contribution in [-0.2, 0) is 4.74 Å². The number of epoxide rings is 1. The molecule has 1 atom stereocenters. The first-order chi connectivity index (χ1) is 7.92. The highest BCUT2D eigenvalue weighted by molar-refractivity contribution is 5.53. The second-order valence-electron chi connectivity index (χ2n) is 3.53. The van der Waals surface area contributed by atoms with Gasteiger partial charge < -0.3 is 13.9 Å². The molecule has 5 nitrogen and oxygen atoms in total. The zero-order chi connectivity index (χ0) is 10.8. The molecule has 1 aliphatic rings. The van der Waals surface area contributed by atoms with E-state index in [0.29, 0.717) is 12.5 Å². The summed E-state index contributed by atoms with van der Waals surface area (Å²) < 4.78 is 15.6. The van der Waals surface area contributed by atoms with Crippen molar-refractivity contribution in [1.29, 1.82) is 0 Å². The third-order valence-corrected chi connectivity index (χ3v) is 2.30. The van der Waals surface area contributed by atoms with Gasteiger partial charge in [0.05, 0.1) is 6.61 Å². The highest BCUT2D eigenvalue weighted by Gasteiger charge is 2.22. The Morgan fingerprint density at radius 2 is 2.12 bits per heavy atom. The highest BCUT2D eigenvalue weighted by atomic mass is 16.6. The Bertz CT molecular complexity index is 449. The molecule has 1 aliphatic heterocycles. The lowest BCUT2D eigenvalue weighted by Crippen LogP contribution is -2.03. The second kappa shape index (κ2) is 3.94. The molecule has 2 heterocycles. The quantitative estimate of drug-likeness (QED) is 0.728. The van der Waals surface area contributed by atoms with E-state index in [0.717, 1.165) is 17.9 Å². The minimum absolute atomic E-state index is 0.274. The molecule has 1 aromatic heterocycles. The molecule has 1 aromatic carbocycles. The van der Waals surface area contributed by atoms with Crippen LogP contribution in [0.2, 0.25) is 0 Å². The Kier molecular flexibility index (Phi) is 2.30. The maximum atomic E-state index is 5.51. The molecule has 0 unspecified atom stereocenters. The van der Waals surface area contributed by atoms with Crippen molar-refractivity contribution in [3.05, 3.63) is 30.7 Å². The van der Waals surface area contributed by atoms with Gasteiger partial charge in [-0.1, -0.05) is 0 Å². The first-order valence-corrected chi connectivity index (χ1v) is 5.03. The lowest BCUT2D eigenvalue weighted by Gasteiger charge is -2.03. The molecule has 16 heavy (non-hydrogen) atoms. The van der Waals surface area contributed by atoms with Crippen LogP contribution in [0.5, 0.6) is 5.75 Å². The van der Waals surface area contributed by atoms with Crippen molar-refractivity contribution in [1.82, 2.24) is 10.2 Å². The Labute approximate surface area is 92.0 Å². The van der Waals surface area contributed by atoms with Gasteiger partial charge in [0.15, 0.2) is 0 Å². The third kappa shape index (κ3) is 2.04. The molecule has 0 radical (unpaired) electrons. The molecule has 2 aromatic rings. The summed E-state index contributed by atoms with van der Waals surface area (Å²) in [7, 11) is 0. The molecule has 1 fully saturated rings. The number of hydrogen-bond acceptors (Lipinski definition) is 5. The van der Waals surface area contributed by atoms with Gasteiger partial charge >= 0.3 is 0 Å². The molecule has 3 rings (SSSR count). The molecular weight excluding hydrogens is 208 g/mol. The molecule has 1 saturated heterocycles. The summed E-state index contributed by atoms with van der Waals surface area (Å²) in [6.45, 7) is 1.42. The van der Waals surface area contributed by atoms with Crippen LogP contribution in [0.25, 0.3) is 11.5 Å². The Hall–Kier alpha value is -1.88. The third-order valence-electron chi connectivity index (χ3n) is 2.30. The topological polar surface area (TPSA) is 60.7 Å². The molecule has 82 valence electrons. The van der Waals surface area contributed by atoms with Crippen LogP contribution in [0.15, 0.2) is 35.1 Å². The minimum Gasteiger partial charge on any atom is -0.491 e. The SMILES string of the molecule is c1nnc(-c2ccc(OC[C@@H]3CO3)cc2)o1. The first kappa shape index (κ1) is 9.35. The van der Waals surface area contributed by atoms with Crippen molar-refractivity contribution < 1.29 is 13.9 Å². The number of nitrogens with zero attached hydrogens (tertiary/aromatic N) is 2. The highest BCUT2D eigenvalue weighted by Crippen LogP contribution is 2.21. The van der Waals surface area contributed by atoms with Gasteiger partial charge in [0.2, 0.25) is 12.3 Å². The van der Waals surface area contributed by atoms with Gasteiger partial charge in [-0.3, -0.25) is 0 Å². The fourth-order valence-electron chi connectivity index (χ4n) is 1.35.